The van der Waals surface area contributed by atoms with Crippen LogP contribution in [0.4, 0.5) is 4.39 Å². The number of halogens is 2. The second-order valence-corrected chi connectivity index (χ2v) is 7.35. The van der Waals surface area contributed by atoms with Gasteiger partial charge in [-0.2, -0.15) is 0 Å². The highest BCUT2D eigenvalue weighted by Gasteiger charge is 2.19. The molecule has 4 nitrogen and oxygen atoms in total. The van der Waals surface area contributed by atoms with Crippen molar-refractivity contribution in [3.05, 3.63) is 69.9 Å². The monoisotopic (exact) mass is 404 g/mol. The van der Waals surface area contributed by atoms with Crippen LogP contribution in [0.1, 0.15) is 15.4 Å². The number of benzene rings is 2. The van der Waals surface area contributed by atoms with Crippen LogP contribution in [0.25, 0.3) is 10.6 Å². The number of ether oxygens (including phenoxy) is 1. The van der Waals surface area contributed by atoms with E-state index in [2.05, 4.69) is 4.98 Å². The van der Waals surface area contributed by atoms with E-state index in [1.54, 1.807) is 43.1 Å². The SMILES string of the molecule is Cc1nc(-c2ccc(F)cc2)sc1C(=O)N(C)CCOc1ccccc1Cl. The van der Waals surface area contributed by atoms with Crippen molar-refractivity contribution < 1.29 is 13.9 Å². The van der Waals surface area contributed by atoms with Gasteiger partial charge in [0.2, 0.25) is 0 Å². The molecule has 0 saturated carbocycles. The first-order chi connectivity index (χ1) is 13.0. The standard InChI is InChI=1S/C20H18ClFN2O2S/c1-13-18(27-19(23-13)14-7-9-15(22)10-8-14)20(25)24(2)11-12-26-17-6-4-3-5-16(17)21/h3-10H,11-12H2,1-2H3. The van der Waals surface area contributed by atoms with Crippen LogP contribution in [0.2, 0.25) is 5.02 Å². The average molecular weight is 405 g/mol. The van der Waals surface area contributed by atoms with Gasteiger partial charge in [0.05, 0.1) is 17.3 Å². The number of para-hydroxylation sites is 1. The topological polar surface area (TPSA) is 42.4 Å². The minimum atomic E-state index is -0.304. The third kappa shape index (κ3) is 4.64. The van der Waals surface area contributed by atoms with Gasteiger partial charge in [-0.3, -0.25) is 4.79 Å². The number of aromatic nitrogens is 1. The predicted octanol–water partition coefficient (Wildman–Crippen LogP) is 5.06. The summed E-state index contributed by atoms with van der Waals surface area (Å²) in [6.07, 6.45) is 0. The van der Waals surface area contributed by atoms with Gasteiger partial charge in [-0.1, -0.05) is 23.7 Å². The normalized spacial score (nSPS) is 10.7. The van der Waals surface area contributed by atoms with E-state index in [-0.39, 0.29) is 11.7 Å². The van der Waals surface area contributed by atoms with Crippen LogP contribution in [0, 0.1) is 12.7 Å². The molecule has 0 unspecified atom stereocenters. The maximum atomic E-state index is 13.1. The van der Waals surface area contributed by atoms with Crippen molar-refractivity contribution in [3.8, 4) is 16.3 Å². The number of likely N-dealkylation sites (N-methyl/N-ethyl adjacent to an activating group) is 1. The maximum Gasteiger partial charge on any atom is 0.265 e. The van der Waals surface area contributed by atoms with Crippen LogP contribution in [-0.2, 0) is 0 Å². The Bertz CT molecular complexity index is 943. The Morgan fingerprint density at radius 3 is 2.63 bits per heavy atom. The Kier molecular flexibility index (Phi) is 6.08. The molecule has 1 heterocycles. The highest BCUT2D eigenvalue weighted by molar-refractivity contribution is 7.17. The van der Waals surface area contributed by atoms with Crippen LogP contribution in [0.5, 0.6) is 5.75 Å². The molecule has 0 aliphatic carbocycles. The van der Waals surface area contributed by atoms with Crippen LogP contribution in [0.15, 0.2) is 48.5 Å². The van der Waals surface area contributed by atoms with Gasteiger partial charge in [0.15, 0.2) is 0 Å². The van der Waals surface area contributed by atoms with Crippen LogP contribution >= 0.6 is 22.9 Å². The average Bonchev–Trinajstić information content (AvgIpc) is 3.04. The quantitative estimate of drug-likeness (QED) is 0.576. The van der Waals surface area contributed by atoms with Crippen molar-refractivity contribution in [2.45, 2.75) is 6.92 Å². The summed E-state index contributed by atoms with van der Waals surface area (Å²) in [5.74, 6) is 0.162. The van der Waals surface area contributed by atoms with E-state index in [9.17, 15) is 9.18 Å². The van der Waals surface area contributed by atoms with Crippen molar-refractivity contribution in [2.24, 2.45) is 0 Å². The van der Waals surface area contributed by atoms with Crippen LogP contribution in [0.3, 0.4) is 0 Å². The number of thiazole rings is 1. The molecule has 3 aromatic rings. The van der Waals surface area contributed by atoms with Gasteiger partial charge in [0, 0.05) is 12.6 Å². The highest BCUT2D eigenvalue weighted by Crippen LogP contribution is 2.29. The Morgan fingerprint density at radius 1 is 1.22 bits per heavy atom. The zero-order chi connectivity index (χ0) is 19.4. The van der Waals surface area contributed by atoms with E-state index in [4.69, 9.17) is 16.3 Å². The smallest absolute Gasteiger partial charge is 0.265 e. The molecular weight excluding hydrogens is 387 g/mol. The molecule has 0 N–H and O–H groups in total. The van der Waals surface area contributed by atoms with Crippen molar-refractivity contribution in [1.29, 1.82) is 0 Å². The van der Waals surface area contributed by atoms with Gasteiger partial charge in [-0.05, 0) is 43.3 Å². The number of hydrogen-bond acceptors (Lipinski definition) is 4. The molecule has 0 spiro atoms. The molecule has 0 fully saturated rings. The summed E-state index contributed by atoms with van der Waals surface area (Å²) in [6.45, 7) is 2.53. The summed E-state index contributed by atoms with van der Waals surface area (Å²) in [4.78, 5) is 19.3. The largest absolute Gasteiger partial charge is 0.490 e. The van der Waals surface area contributed by atoms with Gasteiger partial charge in [0.1, 0.15) is 28.1 Å². The molecule has 140 valence electrons. The molecule has 0 bridgehead atoms. The summed E-state index contributed by atoms with van der Waals surface area (Å²) in [7, 11) is 1.72. The lowest BCUT2D eigenvalue weighted by Crippen LogP contribution is -2.30. The summed E-state index contributed by atoms with van der Waals surface area (Å²) in [5, 5.41) is 1.23. The number of nitrogens with zero attached hydrogens (tertiary/aromatic N) is 2. The van der Waals surface area contributed by atoms with Crippen molar-refractivity contribution in [1.82, 2.24) is 9.88 Å². The van der Waals surface area contributed by atoms with E-state index in [1.165, 1.54) is 23.5 Å². The molecule has 7 heteroatoms. The van der Waals surface area contributed by atoms with E-state index in [0.29, 0.717) is 39.5 Å². The van der Waals surface area contributed by atoms with E-state index in [1.807, 2.05) is 12.1 Å². The number of hydrogen-bond donors (Lipinski definition) is 0. The molecule has 27 heavy (non-hydrogen) atoms. The first-order valence-corrected chi connectivity index (χ1v) is 9.51. The minimum Gasteiger partial charge on any atom is -0.490 e. The number of rotatable bonds is 6. The van der Waals surface area contributed by atoms with E-state index < -0.39 is 0 Å². The Labute approximate surface area is 166 Å². The predicted molar refractivity (Wildman–Crippen MR) is 106 cm³/mol. The zero-order valence-electron chi connectivity index (χ0n) is 14.9. The highest BCUT2D eigenvalue weighted by atomic mass is 35.5. The first kappa shape index (κ1) is 19.3. The van der Waals surface area contributed by atoms with Gasteiger partial charge >= 0.3 is 0 Å². The fraction of sp³-hybridized carbons (Fsp3) is 0.200. The van der Waals surface area contributed by atoms with Crippen LogP contribution in [-0.4, -0.2) is 36.0 Å². The zero-order valence-corrected chi connectivity index (χ0v) is 16.5. The number of carbonyl (C=O) groups is 1. The molecule has 0 aliphatic rings. The molecular formula is C20H18ClFN2O2S. The van der Waals surface area contributed by atoms with E-state index >= 15 is 0 Å². The van der Waals surface area contributed by atoms with Crippen molar-refractivity contribution in [2.75, 3.05) is 20.2 Å². The number of aryl methyl sites for hydroxylation is 1. The molecule has 1 aromatic heterocycles. The summed E-state index contributed by atoms with van der Waals surface area (Å²) >= 11 is 7.35. The molecule has 0 aliphatic heterocycles. The minimum absolute atomic E-state index is 0.124. The second-order valence-electron chi connectivity index (χ2n) is 5.95. The first-order valence-electron chi connectivity index (χ1n) is 8.32. The fourth-order valence-corrected chi connectivity index (χ4v) is 3.70. The summed E-state index contributed by atoms with van der Waals surface area (Å²) in [5.41, 5.74) is 1.44. The number of carbonyl (C=O) groups excluding carboxylic acids is 1. The molecule has 2 aromatic carbocycles. The van der Waals surface area contributed by atoms with Gasteiger partial charge < -0.3 is 9.64 Å². The molecule has 0 radical (unpaired) electrons. The Morgan fingerprint density at radius 2 is 1.93 bits per heavy atom. The molecule has 0 atom stereocenters. The lowest BCUT2D eigenvalue weighted by atomic mass is 10.2. The molecule has 1 amide bonds. The molecule has 0 saturated heterocycles. The van der Waals surface area contributed by atoms with Crippen molar-refractivity contribution in [3.63, 3.8) is 0 Å². The fourth-order valence-electron chi connectivity index (χ4n) is 2.44. The van der Waals surface area contributed by atoms with Crippen LogP contribution < -0.4 is 4.74 Å². The third-order valence-electron chi connectivity index (χ3n) is 3.95. The van der Waals surface area contributed by atoms with Gasteiger partial charge in [-0.15, -0.1) is 11.3 Å². The summed E-state index contributed by atoms with van der Waals surface area (Å²) < 4.78 is 18.7. The maximum absolute atomic E-state index is 13.1. The second kappa shape index (κ2) is 8.50. The Balaban J connectivity index is 1.64. The lowest BCUT2D eigenvalue weighted by molar-refractivity contribution is 0.0777. The van der Waals surface area contributed by atoms with Crippen molar-refractivity contribution >= 4 is 28.8 Å². The Hall–Kier alpha value is -2.44. The molecule has 3 rings (SSSR count). The van der Waals surface area contributed by atoms with Gasteiger partial charge in [0.25, 0.3) is 5.91 Å². The van der Waals surface area contributed by atoms with Gasteiger partial charge in [-0.25, -0.2) is 9.37 Å². The number of amides is 1. The lowest BCUT2D eigenvalue weighted by Gasteiger charge is -2.17. The van der Waals surface area contributed by atoms with E-state index in [0.717, 1.165) is 5.56 Å². The summed E-state index contributed by atoms with van der Waals surface area (Å²) in [6, 6.07) is 13.3. The third-order valence-corrected chi connectivity index (χ3v) is 5.46.